The summed E-state index contributed by atoms with van der Waals surface area (Å²) in [7, 11) is 0. The molecule has 0 saturated carbocycles. The molecule has 0 radical (unpaired) electrons. The smallest absolute Gasteiger partial charge is 0.270 e. The number of non-ortho nitro benzene ring substituents is 1. The highest BCUT2D eigenvalue weighted by atomic mass is 16.6. The van der Waals surface area contributed by atoms with Gasteiger partial charge in [-0.2, -0.15) is 0 Å². The first kappa shape index (κ1) is 14.9. The zero-order valence-electron chi connectivity index (χ0n) is 12.3. The average molecular weight is 286 g/mol. The molecule has 110 valence electrons. The Bertz CT molecular complexity index is 656. The molecule has 0 atom stereocenters. The summed E-state index contributed by atoms with van der Waals surface area (Å²) in [6.45, 7) is 6.84. The van der Waals surface area contributed by atoms with E-state index in [-0.39, 0.29) is 11.6 Å². The van der Waals surface area contributed by atoms with E-state index >= 15 is 0 Å². The standard InChI is InChI=1S/C15H18N4O2/c1-4-16-14-9-13(10(2)3)17-15(18-14)11-6-5-7-12(8-11)19(20)21/h5-10H,4H2,1-3H3,(H,16,17,18). The van der Waals surface area contributed by atoms with Crippen molar-refractivity contribution in [2.45, 2.75) is 26.7 Å². The first-order valence-corrected chi connectivity index (χ1v) is 6.89. The Labute approximate surface area is 123 Å². The third-order valence-electron chi connectivity index (χ3n) is 3.01. The van der Waals surface area contributed by atoms with E-state index in [4.69, 9.17) is 0 Å². The Morgan fingerprint density at radius 2 is 2.05 bits per heavy atom. The zero-order chi connectivity index (χ0) is 15.4. The van der Waals surface area contributed by atoms with Crippen molar-refractivity contribution in [1.29, 1.82) is 0 Å². The van der Waals surface area contributed by atoms with E-state index in [1.807, 2.05) is 13.0 Å². The molecule has 0 bridgehead atoms. The topological polar surface area (TPSA) is 81.0 Å². The minimum atomic E-state index is -0.416. The number of benzene rings is 1. The lowest BCUT2D eigenvalue weighted by Gasteiger charge is -2.11. The first-order chi connectivity index (χ1) is 10.0. The monoisotopic (exact) mass is 286 g/mol. The van der Waals surface area contributed by atoms with Gasteiger partial charge in [0.2, 0.25) is 0 Å². The van der Waals surface area contributed by atoms with Gasteiger partial charge in [-0.25, -0.2) is 9.97 Å². The summed E-state index contributed by atoms with van der Waals surface area (Å²) in [5.41, 5.74) is 1.59. The van der Waals surface area contributed by atoms with Gasteiger partial charge in [0.1, 0.15) is 5.82 Å². The van der Waals surface area contributed by atoms with Crippen molar-refractivity contribution in [3.05, 3.63) is 46.1 Å². The van der Waals surface area contributed by atoms with Crippen molar-refractivity contribution >= 4 is 11.5 Å². The van der Waals surface area contributed by atoms with Crippen molar-refractivity contribution in [1.82, 2.24) is 9.97 Å². The van der Waals surface area contributed by atoms with E-state index in [1.165, 1.54) is 12.1 Å². The summed E-state index contributed by atoms with van der Waals surface area (Å²) < 4.78 is 0. The van der Waals surface area contributed by atoms with Crippen molar-refractivity contribution in [3.63, 3.8) is 0 Å². The summed E-state index contributed by atoms with van der Waals surface area (Å²) in [5, 5.41) is 14.0. The summed E-state index contributed by atoms with van der Waals surface area (Å²) in [5.74, 6) is 1.49. The van der Waals surface area contributed by atoms with Crippen molar-refractivity contribution in [3.8, 4) is 11.4 Å². The van der Waals surface area contributed by atoms with Crippen LogP contribution >= 0.6 is 0 Å². The fourth-order valence-corrected chi connectivity index (χ4v) is 1.92. The van der Waals surface area contributed by atoms with Gasteiger partial charge in [0.15, 0.2) is 5.82 Å². The maximum Gasteiger partial charge on any atom is 0.270 e. The number of rotatable bonds is 5. The van der Waals surface area contributed by atoms with Gasteiger partial charge in [-0.3, -0.25) is 10.1 Å². The predicted octanol–water partition coefficient (Wildman–Crippen LogP) is 3.61. The molecule has 6 nitrogen and oxygen atoms in total. The van der Waals surface area contributed by atoms with Crippen molar-refractivity contribution in [2.75, 3.05) is 11.9 Å². The molecule has 0 spiro atoms. The van der Waals surface area contributed by atoms with E-state index in [0.717, 1.165) is 18.1 Å². The second-order valence-corrected chi connectivity index (χ2v) is 4.99. The fourth-order valence-electron chi connectivity index (χ4n) is 1.92. The lowest BCUT2D eigenvalue weighted by molar-refractivity contribution is -0.384. The third kappa shape index (κ3) is 3.53. The van der Waals surface area contributed by atoms with Gasteiger partial charge in [-0.15, -0.1) is 0 Å². The molecule has 1 aromatic heterocycles. The summed E-state index contributed by atoms with van der Waals surface area (Å²) >= 11 is 0. The highest BCUT2D eigenvalue weighted by Crippen LogP contribution is 2.24. The molecule has 0 unspecified atom stereocenters. The van der Waals surface area contributed by atoms with Gasteiger partial charge in [-0.05, 0) is 12.8 Å². The highest BCUT2D eigenvalue weighted by molar-refractivity contribution is 5.61. The molecule has 0 aliphatic carbocycles. The maximum atomic E-state index is 10.9. The van der Waals surface area contributed by atoms with Crippen LogP contribution in [0.2, 0.25) is 0 Å². The summed E-state index contributed by atoms with van der Waals surface area (Å²) in [6.07, 6.45) is 0. The number of aromatic nitrogens is 2. The molecule has 6 heteroatoms. The van der Waals surface area contributed by atoms with Crippen LogP contribution in [0.4, 0.5) is 11.5 Å². The van der Waals surface area contributed by atoms with E-state index in [2.05, 4.69) is 29.1 Å². The van der Waals surface area contributed by atoms with Crippen LogP contribution in [0, 0.1) is 10.1 Å². The molecule has 1 aromatic carbocycles. The number of nitrogens with zero attached hydrogens (tertiary/aromatic N) is 3. The fraction of sp³-hybridized carbons (Fsp3) is 0.333. The van der Waals surface area contributed by atoms with Crippen LogP contribution in [0.5, 0.6) is 0 Å². The van der Waals surface area contributed by atoms with Crippen LogP contribution in [0.25, 0.3) is 11.4 Å². The van der Waals surface area contributed by atoms with E-state index in [0.29, 0.717) is 11.4 Å². The number of nitrogens with one attached hydrogen (secondary N) is 1. The Kier molecular flexibility index (Phi) is 4.47. The van der Waals surface area contributed by atoms with Crippen molar-refractivity contribution in [2.24, 2.45) is 0 Å². The zero-order valence-corrected chi connectivity index (χ0v) is 12.3. The largest absolute Gasteiger partial charge is 0.370 e. The number of anilines is 1. The molecule has 1 heterocycles. The van der Waals surface area contributed by atoms with Crippen LogP contribution in [0.3, 0.4) is 0 Å². The third-order valence-corrected chi connectivity index (χ3v) is 3.01. The molecule has 0 aliphatic heterocycles. The molecule has 0 amide bonds. The van der Waals surface area contributed by atoms with Gasteiger partial charge in [0, 0.05) is 36.0 Å². The highest BCUT2D eigenvalue weighted by Gasteiger charge is 2.12. The Morgan fingerprint density at radius 1 is 1.29 bits per heavy atom. The molecule has 0 fully saturated rings. The molecule has 2 rings (SSSR count). The first-order valence-electron chi connectivity index (χ1n) is 6.89. The molecule has 21 heavy (non-hydrogen) atoms. The quantitative estimate of drug-likeness (QED) is 0.670. The SMILES string of the molecule is CCNc1cc(C(C)C)nc(-c2cccc([N+](=O)[O-])c2)n1. The minimum Gasteiger partial charge on any atom is -0.370 e. The van der Waals surface area contributed by atoms with Crippen LogP contribution in [0.15, 0.2) is 30.3 Å². The molecule has 2 aromatic rings. The Hall–Kier alpha value is -2.50. The lowest BCUT2D eigenvalue weighted by atomic mass is 10.1. The summed E-state index contributed by atoms with van der Waals surface area (Å²) in [6, 6.07) is 8.29. The second-order valence-electron chi connectivity index (χ2n) is 4.99. The lowest BCUT2D eigenvalue weighted by Crippen LogP contribution is -2.05. The predicted molar refractivity (Wildman–Crippen MR) is 82.4 cm³/mol. The number of hydrogen-bond donors (Lipinski definition) is 1. The van der Waals surface area contributed by atoms with Gasteiger partial charge < -0.3 is 5.32 Å². The van der Waals surface area contributed by atoms with E-state index < -0.39 is 4.92 Å². The normalized spacial score (nSPS) is 10.7. The van der Waals surface area contributed by atoms with Gasteiger partial charge in [-0.1, -0.05) is 26.0 Å². The maximum absolute atomic E-state index is 10.9. The van der Waals surface area contributed by atoms with E-state index in [1.54, 1.807) is 12.1 Å². The molecular formula is C15H18N4O2. The average Bonchev–Trinajstić information content (AvgIpc) is 2.47. The van der Waals surface area contributed by atoms with Gasteiger partial charge in [0.25, 0.3) is 5.69 Å². The molecular weight excluding hydrogens is 268 g/mol. The van der Waals surface area contributed by atoms with Crippen LogP contribution < -0.4 is 5.32 Å². The second kappa shape index (κ2) is 6.30. The van der Waals surface area contributed by atoms with Crippen molar-refractivity contribution < 1.29 is 4.92 Å². The molecule has 1 N–H and O–H groups in total. The molecule has 0 saturated heterocycles. The molecule has 0 aliphatic rings. The van der Waals surface area contributed by atoms with Crippen LogP contribution in [-0.4, -0.2) is 21.4 Å². The number of nitro benzene ring substituents is 1. The van der Waals surface area contributed by atoms with Crippen LogP contribution in [0.1, 0.15) is 32.4 Å². The van der Waals surface area contributed by atoms with E-state index in [9.17, 15) is 10.1 Å². The Balaban J connectivity index is 2.51. The van der Waals surface area contributed by atoms with Gasteiger partial charge in [0.05, 0.1) is 4.92 Å². The van der Waals surface area contributed by atoms with Crippen LogP contribution in [-0.2, 0) is 0 Å². The number of nitro groups is 1. The van der Waals surface area contributed by atoms with Gasteiger partial charge >= 0.3 is 0 Å². The Morgan fingerprint density at radius 3 is 2.67 bits per heavy atom. The minimum absolute atomic E-state index is 0.0380. The summed E-state index contributed by atoms with van der Waals surface area (Å²) in [4.78, 5) is 19.4. The number of hydrogen-bond acceptors (Lipinski definition) is 5.